The average molecular weight is 540 g/mol. The Morgan fingerprint density at radius 1 is 0.875 bits per heavy atom. The minimum absolute atomic E-state index is 0.112. The second-order valence-electron chi connectivity index (χ2n) is 10.8. The van der Waals surface area contributed by atoms with Crippen LogP contribution in [0.25, 0.3) is 21.8 Å². The summed E-state index contributed by atoms with van der Waals surface area (Å²) >= 11 is 0. The summed E-state index contributed by atoms with van der Waals surface area (Å²) in [5.41, 5.74) is 3.72. The number of fused-ring (bicyclic) bond motifs is 3. The van der Waals surface area contributed by atoms with Gasteiger partial charge in [-0.2, -0.15) is 0 Å². The van der Waals surface area contributed by atoms with Crippen LogP contribution in [0.5, 0.6) is 5.75 Å². The average Bonchev–Trinajstić information content (AvgIpc) is 3.26. The Balaban J connectivity index is 1.50. The van der Waals surface area contributed by atoms with Gasteiger partial charge in [-0.25, -0.2) is 0 Å². The maximum atomic E-state index is 13.4. The van der Waals surface area contributed by atoms with Gasteiger partial charge in [0.05, 0.1) is 0 Å². The minimum atomic E-state index is -0.266. The van der Waals surface area contributed by atoms with Crippen LogP contribution in [-0.2, 0) is 6.54 Å². The zero-order valence-electron chi connectivity index (χ0n) is 23.0. The molecule has 4 aromatic rings. The van der Waals surface area contributed by atoms with Crippen LogP contribution in [0.15, 0.2) is 65.8 Å². The van der Waals surface area contributed by atoms with Crippen molar-refractivity contribution in [1.82, 2.24) is 9.88 Å². The highest BCUT2D eigenvalue weighted by molar-refractivity contribution is 6.46. The standard InChI is InChI=1S/C33H37N3O4/c1-2-3-4-5-6-7-29(35-40)33(39)25-11-15-31-28(19-25)27-18-24(32(38)23-8-12-26(37)13-9-23)10-14-30(27)36(31)17-16-22-20-34-21-22/h8-15,18-19,22,34,37,40H,2-7,16-17,20-21H2,1H3/b35-29+. The molecule has 3 N–H and O–H groups in total. The zero-order valence-corrected chi connectivity index (χ0v) is 23.0. The van der Waals surface area contributed by atoms with Gasteiger partial charge in [0.15, 0.2) is 5.78 Å². The van der Waals surface area contributed by atoms with Crippen LogP contribution in [0.1, 0.15) is 78.1 Å². The molecule has 1 fully saturated rings. The summed E-state index contributed by atoms with van der Waals surface area (Å²) in [5.74, 6) is 0.357. The molecule has 0 bridgehead atoms. The predicted molar refractivity (Wildman–Crippen MR) is 159 cm³/mol. The summed E-state index contributed by atoms with van der Waals surface area (Å²) in [6, 6.07) is 17.6. The largest absolute Gasteiger partial charge is 0.508 e. The molecule has 2 heterocycles. The van der Waals surface area contributed by atoms with Crippen LogP contribution < -0.4 is 5.32 Å². The number of hydrogen-bond acceptors (Lipinski definition) is 6. The number of phenolic OH excluding ortho intramolecular Hbond substituents is 1. The Morgan fingerprint density at radius 3 is 2.12 bits per heavy atom. The van der Waals surface area contributed by atoms with Crippen molar-refractivity contribution in [3.8, 4) is 5.75 Å². The number of ketones is 2. The number of aromatic hydroxyl groups is 1. The van der Waals surface area contributed by atoms with Gasteiger partial charge in [-0.15, -0.1) is 0 Å². The van der Waals surface area contributed by atoms with Gasteiger partial charge in [0.25, 0.3) is 0 Å². The van der Waals surface area contributed by atoms with Crippen LogP contribution in [0.2, 0.25) is 0 Å². The first-order valence-electron chi connectivity index (χ1n) is 14.4. The number of Topliss-reactive ketones (excluding diaryl/α,β-unsaturated/α-hetero) is 1. The molecular weight excluding hydrogens is 502 g/mol. The van der Waals surface area contributed by atoms with Crippen molar-refractivity contribution in [2.75, 3.05) is 13.1 Å². The number of hydrogen-bond donors (Lipinski definition) is 3. The number of unbranched alkanes of at least 4 members (excludes halogenated alkanes) is 4. The lowest BCUT2D eigenvalue weighted by Crippen LogP contribution is -2.42. The number of phenols is 1. The summed E-state index contributed by atoms with van der Waals surface area (Å²) in [7, 11) is 0. The van der Waals surface area contributed by atoms with Gasteiger partial charge in [-0.1, -0.05) is 37.8 Å². The Labute approximate surface area is 234 Å². The lowest BCUT2D eigenvalue weighted by Gasteiger charge is -2.27. The van der Waals surface area contributed by atoms with Gasteiger partial charge in [-0.3, -0.25) is 9.59 Å². The smallest absolute Gasteiger partial charge is 0.210 e. The van der Waals surface area contributed by atoms with Crippen molar-refractivity contribution in [1.29, 1.82) is 0 Å². The monoisotopic (exact) mass is 539 g/mol. The second kappa shape index (κ2) is 12.5. The highest BCUT2D eigenvalue weighted by Crippen LogP contribution is 2.32. The molecule has 1 aliphatic rings. The first-order chi connectivity index (χ1) is 19.5. The zero-order chi connectivity index (χ0) is 28.1. The van der Waals surface area contributed by atoms with Gasteiger partial charge in [0.1, 0.15) is 11.5 Å². The van der Waals surface area contributed by atoms with E-state index < -0.39 is 0 Å². The number of rotatable bonds is 13. The summed E-state index contributed by atoms with van der Waals surface area (Å²) in [4.78, 5) is 26.6. The van der Waals surface area contributed by atoms with Crippen molar-refractivity contribution in [3.05, 3.63) is 77.4 Å². The second-order valence-corrected chi connectivity index (χ2v) is 10.8. The lowest BCUT2D eigenvalue weighted by atomic mass is 9.98. The predicted octanol–water partition coefficient (Wildman–Crippen LogP) is 6.71. The third kappa shape index (κ3) is 5.80. The molecule has 40 heavy (non-hydrogen) atoms. The molecule has 208 valence electrons. The summed E-state index contributed by atoms with van der Waals surface area (Å²) in [6.07, 6.45) is 6.71. The Hall–Kier alpha value is -3.97. The molecule has 0 radical (unpaired) electrons. The summed E-state index contributed by atoms with van der Waals surface area (Å²) < 4.78 is 2.28. The first-order valence-corrected chi connectivity index (χ1v) is 14.4. The first kappa shape index (κ1) is 27.6. The van der Waals surface area contributed by atoms with Gasteiger partial charge in [0.2, 0.25) is 5.78 Å². The number of aromatic nitrogens is 1. The fraction of sp³-hybridized carbons (Fsp3) is 0.364. The molecule has 1 aliphatic heterocycles. The molecule has 0 atom stereocenters. The fourth-order valence-corrected chi connectivity index (χ4v) is 5.54. The third-order valence-electron chi connectivity index (χ3n) is 8.05. The van der Waals surface area contributed by atoms with Gasteiger partial charge >= 0.3 is 0 Å². The number of aryl methyl sites for hydroxylation is 1. The fourth-order valence-electron chi connectivity index (χ4n) is 5.54. The molecule has 7 heteroatoms. The van der Waals surface area contributed by atoms with Gasteiger partial charge in [-0.05, 0) is 98.9 Å². The van der Waals surface area contributed by atoms with E-state index in [1.807, 2.05) is 36.4 Å². The molecule has 0 aliphatic carbocycles. The van der Waals surface area contributed by atoms with Crippen LogP contribution in [0.3, 0.4) is 0 Å². The normalized spacial score (nSPS) is 14.1. The van der Waals surface area contributed by atoms with E-state index in [9.17, 15) is 19.9 Å². The number of oxime groups is 1. The molecule has 7 nitrogen and oxygen atoms in total. The SMILES string of the molecule is CCCCCCC/C(=N\O)C(=O)c1ccc2c(c1)c1cc(C(=O)c3ccc(O)cc3)ccc1n2CCC1CNC1. The van der Waals surface area contributed by atoms with Crippen LogP contribution in [-0.4, -0.2) is 45.2 Å². The van der Waals surface area contributed by atoms with Gasteiger partial charge in [0, 0.05) is 45.0 Å². The molecule has 3 aromatic carbocycles. The van der Waals surface area contributed by atoms with E-state index in [1.165, 1.54) is 12.1 Å². The number of nitrogens with zero attached hydrogens (tertiary/aromatic N) is 2. The van der Waals surface area contributed by atoms with Crippen molar-refractivity contribution in [2.45, 2.75) is 58.4 Å². The van der Waals surface area contributed by atoms with Crippen LogP contribution >= 0.6 is 0 Å². The third-order valence-corrected chi connectivity index (χ3v) is 8.05. The van der Waals surface area contributed by atoms with Crippen molar-refractivity contribution in [2.24, 2.45) is 11.1 Å². The molecule has 5 rings (SSSR count). The lowest BCUT2D eigenvalue weighted by molar-refractivity contribution is 0.103. The molecule has 0 saturated carbocycles. The maximum absolute atomic E-state index is 13.4. The van der Waals surface area contributed by atoms with E-state index in [-0.39, 0.29) is 23.0 Å². The molecule has 0 spiro atoms. The highest BCUT2D eigenvalue weighted by Gasteiger charge is 2.21. The van der Waals surface area contributed by atoms with Gasteiger partial charge < -0.3 is 20.2 Å². The van der Waals surface area contributed by atoms with E-state index >= 15 is 0 Å². The number of nitrogens with one attached hydrogen (secondary N) is 1. The highest BCUT2D eigenvalue weighted by atomic mass is 16.4. The number of carbonyl (C=O) groups is 2. The number of benzene rings is 3. The Kier molecular flexibility index (Phi) is 8.60. The quantitative estimate of drug-likeness (QED) is 0.0576. The van der Waals surface area contributed by atoms with E-state index in [4.69, 9.17) is 0 Å². The molecule has 1 aromatic heterocycles. The van der Waals surface area contributed by atoms with E-state index in [0.717, 1.165) is 80.0 Å². The summed E-state index contributed by atoms with van der Waals surface area (Å²) in [5, 5.41) is 27.8. The van der Waals surface area contributed by atoms with Crippen molar-refractivity contribution >= 4 is 39.1 Å². The molecular formula is C33H37N3O4. The van der Waals surface area contributed by atoms with Crippen LogP contribution in [0, 0.1) is 5.92 Å². The van der Waals surface area contributed by atoms with Crippen molar-refractivity contribution in [3.63, 3.8) is 0 Å². The van der Waals surface area contributed by atoms with E-state index in [2.05, 4.69) is 22.0 Å². The van der Waals surface area contributed by atoms with Crippen molar-refractivity contribution < 1.29 is 19.9 Å². The van der Waals surface area contributed by atoms with E-state index in [0.29, 0.717) is 29.0 Å². The molecule has 1 saturated heterocycles. The molecule has 0 unspecified atom stereocenters. The maximum Gasteiger partial charge on any atom is 0.210 e. The topological polar surface area (TPSA) is 104 Å². The van der Waals surface area contributed by atoms with Crippen LogP contribution in [0.4, 0.5) is 0 Å². The number of carbonyl (C=O) groups excluding carboxylic acids is 2. The van der Waals surface area contributed by atoms with E-state index in [1.54, 1.807) is 12.1 Å². The Bertz CT molecular complexity index is 1550. The minimum Gasteiger partial charge on any atom is -0.508 e. The summed E-state index contributed by atoms with van der Waals surface area (Å²) in [6.45, 7) is 5.06. The molecule has 0 amide bonds. The Morgan fingerprint density at radius 2 is 1.50 bits per heavy atom.